The highest BCUT2D eigenvalue weighted by Gasteiger charge is 2.23. The summed E-state index contributed by atoms with van der Waals surface area (Å²) in [5.74, 6) is 0.304. The number of pyridine rings is 1. The van der Waals surface area contributed by atoms with Crippen LogP contribution in [0, 0.1) is 11.3 Å². The molecule has 1 fully saturated rings. The van der Waals surface area contributed by atoms with E-state index >= 15 is 0 Å². The number of amides is 1. The molecule has 0 radical (unpaired) electrons. The number of hydrogen-bond acceptors (Lipinski definition) is 3. The van der Waals surface area contributed by atoms with E-state index in [1.54, 1.807) is 12.3 Å². The molecular weight excluding hydrogens is 218 g/mol. The van der Waals surface area contributed by atoms with Crippen LogP contribution in [0.1, 0.15) is 30.0 Å². The molecule has 1 aliphatic heterocycles. The van der Waals surface area contributed by atoms with Gasteiger partial charge in [0, 0.05) is 30.9 Å². The van der Waals surface area contributed by atoms with Gasteiger partial charge in [-0.3, -0.25) is 4.98 Å². The lowest BCUT2D eigenvalue weighted by Crippen LogP contribution is -2.36. The van der Waals surface area contributed by atoms with Crippen molar-refractivity contribution in [2.24, 2.45) is 0 Å². The van der Waals surface area contributed by atoms with Gasteiger partial charge in [0.2, 0.25) is 0 Å². The van der Waals surface area contributed by atoms with Crippen LogP contribution in [0.5, 0.6) is 0 Å². The first-order chi connectivity index (χ1) is 8.20. The van der Waals surface area contributed by atoms with Gasteiger partial charge >= 0.3 is 6.09 Å². The van der Waals surface area contributed by atoms with Crippen molar-refractivity contribution in [2.45, 2.75) is 18.8 Å². The van der Waals surface area contributed by atoms with Crippen LogP contribution in [0.2, 0.25) is 0 Å². The molecule has 88 valence electrons. The summed E-state index contributed by atoms with van der Waals surface area (Å²) in [5, 5.41) is 17.5. The zero-order valence-electron chi connectivity index (χ0n) is 9.33. The number of carboxylic acid groups (broad SMARTS) is 1. The van der Waals surface area contributed by atoms with Gasteiger partial charge in [-0.05, 0) is 25.0 Å². The van der Waals surface area contributed by atoms with Gasteiger partial charge in [-0.15, -0.1) is 0 Å². The molecule has 1 aromatic heterocycles. The maximum absolute atomic E-state index is 10.8. The molecule has 1 N–H and O–H groups in total. The number of likely N-dealkylation sites (tertiary alicyclic amines) is 1. The van der Waals surface area contributed by atoms with Crippen LogP contribution >= 0.6 is 0 Å². The lowest BCUT2D eigenvalue weighted by Gasteiger charge is -2.29. The Labute approximate surface area is 99.3 Å². The van der Waals surface area contributed by atoms with E-state index in [2.05, 4.69) is 4.98 Å². The molecule has 0 unspecified atom stereocenters. The van der Waals surface area contributed by atoms with Crippen LogP contribution in [-0.2, 0) is 0 Å². The van der Waals surface area contributed by atoms with E-state index in [0.29, 0.717) is 24.6 Å². The molecule has 17 heavy (non-hydrogen) atoms. The van der Waals surface area contributed by atoms with Crippen LogP contribution in [0.15, 0.2) is 18.3 Å². The number of nitriles is 1. The topological polar surface area (TPSA) is 77.2 Å². The molecule has 0 saturated carbocycles. The summed E-state index contributed by atoms with van der Waals surface area (Å²) in [7, 11) is 0. The average molecular weight is 231 g/mol. The van der Waals surface area contributed by atoms with Crippen molar-refractivity contribution in [2.75, 3.05) is 13.1 Å². The summed E-state index contributed by atoms with van der Waals surface area (Å²) in [4.78, 5) is 16.4. The minimum atomic E-state index is -0.851. The van der Waals surface area contributed by atoms with Gasteiger partial charge in [-0.2, -0.15) is 5.26 Å². The Morgan fingerprint density at radius 1 is 1.47 bits per heavy atom. The predicted octanol–water partition coefficient (Wildman–Crippen LogP) is 1.81. The average Bonchev–Trinajstić information content (AvgIpc) is 2.39. The molecular formula is C12H13N3O2. The monoisotopic (exact) mass is 231 g/mol. The fraction of sp³-hybridized carbons (Fsp3) is 0.417. The van der Waals surface area contributed by atoms with E-state index < -0.39 is 6.09 Å². The fourth-order valence-corrected chi connectivity index (χ4v) is 2.08. The summed E-state index contributed by atoms with van der Waals surface area (Å²) >= 11 is 0. The summed E-state index contributed by atoms with van der Waals surface area (Å²) in [6.07, 6.45) is 2.31. The van der Waals surface area contributed by atoms with Crippen molar-refractivity contribution >= 4 is 6.09 Å². The Balaban J connectivity index is 2.00. The summed E-state index contributed by atoms with van der Waals surface area (Å²) < 4.78 is 0. The molecule has 1 aromatic rings. The van der Waals surface area contributed by atoms with Gasteiger partial charge < -0.3 is 10.0 Å². The normalized spacial score (nSPS) is 16.5. The van der Waals surface area contributed by atoms with Crippen LogP contribution in [-0.4, -0.2) is 34.2 Å². The smallest absolute Gasteiger partial charge is 0.407 e. The van der Waals surface area contributed by atoms with Crippen LogP contribution < -0.4 is 0 Å². The Kier molecular flexibility index (Phi) is 3.24. The SMILES string of the molecule is N#Cc1ccc(C2CCN(C(=O)O)CC2)nc1. The summed E-state index contributed by atoms with van der Waals surface area (Å²) in [5.41, 5.74) is 1.51. The van der Waals surface area contributed by atoms with E-state index in [4.69, 9.17) is 10.4 Å². The molecule has 5 heteroatoms. The second kappa shape index (κ2) is 4.83. The molecule has 0 bridgehead atoms. The van der Waals surface area contributed by atoms with Crippen LogP contribution in [0.25, 0.3) is 0 Å². The fourth-order valence-electron chi connectivity index (χ4n) is 2.08. The molecule has 1 aliphatic rings. The van der Waals surface area contributed by atoms with E-state index in [1.165, 1.54) is 4.90 Å². The lowest BCUT2D eigenvalue weighted by atomic mass is 9.93. The van der Waals surface area contributed by atoms with Crippen molar-refractivity contribution in [3.05, 3.63) is 29.6 Å². The number of carbonyl (C=O) groups is 1. The van der Waals surface area contributed by atoms with Crippen molar-refractivity contribution in [1.29, 1.82) is 5.26 Å². The third-order valence-electron chi connectivity index (χ3n) is 3.10. The highest BCUT2D eigenvalue weighted by molar-refractivity contribution is 5.65. The zero-order valence-corrected chi connectivity index (χ0v) is 9.33. The van der Waals surface area contributed by atoms with Crippen molar-refractivity contribution in [3.63, 3.8) is 0 Å². The number of hydrogen-bond donors (Lipinski definition) is 1. The molecule has 0 aromatic carbocycles. The number of nitrogens with zero attached hydrogens (tertiary/aromatic N) is 3. The lowest BCUT2D eigenvalue weighted by molar-refractivity contribution is 0.131. The van der Waals surface area contributed by atoms with Gasteiger partial charge in [-0.25, -0.2) is 4.79 Å². The number of piperidine rings is 1. The van der Waals surface area contributed by atoms with Gasteiger partial charge in [0.15, 0.2) is 0 Å². The van der Waals surface area contributed by atoms with Crippen LogP contribution in [0.4, 0.5) is 4.79 Å². The molecule has 2 rings (SSSR count). The van der Waals surface area contributed by atoms with E-state index in [0.717, 1.165) is 18.5 Å². The van der Waals surface area contributed by atoms with E-state index in [9.17, 15) is 4.79 Å². The molecule has 2 heterocycles. The van der Waals surface area contributed by atoms with Gasteiger partial charge in [0.05, 0.1) is 5.56 Å². The Morgan fingerprint density at radius 3 is 2.65 bits per heavy atom. The largest absolute Gasteiger partial charge is 0.465 e. The van der Waals surface area contributed by atoms with Gasteiger partial charge in [-0.1, -0.05) is 0 Å². The van der Waals surface area contributed by atoms with E-state index in [1.807, 2.05) is 12.1 Å². The first-order valence-corrected chi connectivity index (χ1v) is 5.54. The maximum atomic E-state index is 10.8. The Morgan fingerprint density at radius 2 is 2.18 bits per heavy atom. The highest BCUT2D eigenvalue weighted by Crippen LogP contribution is 2.26. The number of rotatable bonds is 1. The minimum absolute atomic E-state index is 0.304. The molecule has 0 atom stereocenters. The Bertz CT molecular complexity index is 442. The maximum Gasteiger partial charge on any atom is 0.407 e. The predicted molar refractivity (Wildman–Crippen MR) is 60.5 cm³/mol. The first-order valence-electron chi connectivity index (χ1n) is 5.54. The summed E-state index contributed by atoms with van der Waals surface area (Å²) in [6.45, 7) is 1.11. The van der Waals surface area contributed by atoms with E-state index in [-0.39, 0.29) is 0 Å². The molecule has 0 aliphatic carbocycles. The third-order valence-corrected chi connectivity index (χ3v) is 3.10. The molecule has 0 spiro atoms. The standard InChI is InChI=1S/C12H13N3O2/c13-7-9-1-2-11(14-8-9)10-3-5-15(6-4-10)12(16)17/h1-2,8,10H,3-6H2,(H,16,17). The zero-order chi connectivity index (χ0) is 12.3. The van der Waals surface area contributed by atoms with Crippen molar-refractivity contribution in [1.82, 2.24) is 9.88 Å². The quantitative estimate of drug-likeness (QED) is 0.799. The van der Waals surface area contributed by atoms with Gasteiger partial charge in [0.25, 0.3) is 0 Å². The Hall–Kier alpha value is -2.09. The second-order valence-corrected chi connectivity index (χ2v) is 4.13. The molecule has 5 nitrogen and oxygen atoms in total. The van der Waals surface area contributed by atoms with Crippen LogP contribution in [0.3, 0.4) is 0 Å². The minimum Gasteiger partial charge on any atom is -0.465 e. The van der Waals surface area contributed by atoms with Crippen molar-refractivity contribution < 1.29 is 9.90 Å². The first kappa shape index (κ1) is 11.4. The number of aromatic nitrogens is 1. The highest BCUT2D eigenvalue weighted by atomic mass is 16.4. The van der Waals surface area contributed by atoms with Gasteiger partial charge in [0.1, 0.15) is 6.07 Å². The van der Waals surface area contributed by atoms with Crippen molar-refractivity contribution in [3.8, 4) is 6.07 Å². The summed E-state index contributed by atoms with van der Waals surface area (Å²) in [6, 6.07) is 5.65. The second-order valence-electron chi connectivity index (χ2n) is 4.13. The molecule has 1 saturated heterocycles. The third kappa shape index (κ3) is 2.53. The molecule has 1 amide bonds.